The summed E-state index contributed by atoms with van der Waals surface area (Å²) in [4.78, 5) is 16.5. The molecule has 1 aliphatic rings. The summed E-state index contributed by atoms with van der Waals surface area (Å²) in [6.07, 6.45) is 9.84. The smallest absolute Gasteiger partial charge is 0.251 e. The molecule has 2 heterocycles. The molecule has 1 saturated carbocycles. The third-order valence-corrected chi connectivity index (χ3v) is 4.88. The minimum absolute atomic E-state index is 0.161. The molecule has 2 N–H and O–H groups in total. The predicted molar refractivity (Wildman–Crippen MR) is 95.8 cm³/mol. The largest absolute Gasteiger partial charge is 0.391 e. The lowest BCUT2D eigenvalue weighted by Gasteiger charge is -2.16. The first-order chi connectivity index (χ1) is 12.7. The van der Waals surface area contributed by atoms with Crippen LogP contribution in [0.15, 0.2) is 61.4 Å². The van der Waals surface area contributed by atoms with Crippen molar-refractivity contribution < 1.29 is 9.90 Å². The second kappa shape index (κ2) is 7.13. The van der Waals surface area contributed by atoms with Gasteiger partial charge >= 0.3 is 0 Å². The fraction of sp³-hybridized carbons (Fsp3) is 0.316. The first-order valence-corrected chi connectivity index (χ1v) is 8.74. The Morgan fingerprint density at radius 1 is 1.19 bits per heavy atom. The van der Waals surface area contributed by atoms with Gasteiger partial charge in [-0.3, -0.25) is 9.48 Å². The van der Waals surface area contributed by atoms with E-state index in [0.29, 0.717) is 17.9 Å². The van der Waals surface area contributed by atoms with Gasteiger partial charge in [0.15, 0.2) is 0 Å². The number of benzene rings is 1. The lowest BCUT2D eigenvalue weighted by molar-refractivity contribution is 0.0873. The summed E-state index contributed by atoms with van der Waals surface area (Å²) in [6.45, 7) is 0.760. The van der Waals surface area contributed by atoms with Crippen molar-refractivity contribution in [3.63, 3.8) is 0 Å². The van der Waals surface area contributed by atoms with Crippen molar-refractivity contribution >= 4 is 5.91 Å². The number of carbonyl (C=O) groups excluding carboxylic acids is 1. The number of nitrogens with zero attached hydrogens (tertiary/aromatic N) is 4. The van der Waals surface area contributed by atoms with Gasteiger partial charge in [-0.1, -0.05) is 0 Å². The molecule has 1 fully saturated rings. The quantitative estimate of drug-likeness (QED) is 0.732. The van der Waals surface area contributed by atoms with Crippen molar-refractivity contribution in [3.8, 4) is 5.69 Å². The Morgan fingerprint density at radius 2 is 2.04 bits per heavy atom. The van der Waals surface area contributed by atoms with Gasteiger partial charge in [-0.2, -0.15) is 5.10 Å². The Morgan fingerprint density at radius 3 is 2.73 bits per heavy atom. The predicted octanol–water partition coefficient (Wildman–Crippen LogP) is 1.64. The van der Waals surface area contributed by atoms with E-state index in [1.54, 1.807) is 30.9 Å². The van der Waals surface area contributed by atoms with Gasteiger partial charge in [-0.15, -0.1) is 0 Å². The number of aliphatic hydroxyl groups is 1. The maximum atomic E-state index is 12.5. The highest BCUT2D eigenvalue weighted by Gasteiger charge is 2.34. The first kappa shape index (κ1) is 16.5. The zero-order valence-electron chi connectivity index (χ0n) is 14.3. The van der Waals surface area contributed by atoms with E-state index in [-0.39, 0.29) is 11.9 Å². The van der Waals surface area contributed by atoms with E-state index in [0.717, 1.165) is 18.7 Å². The molecule has 7 nitrogen and oxygen atoms in total. The Balaban J connectivity index is 1.37. The standard InChI is InChI=1S/C19H21N5O2/c25-18-11-14(12-24-8-1-6-21-24)10-17(18)22-19(26)15-2-4-16(5-3-15)23-9-7-20-13-23/h1-9,13-14,17-18,25H,10-12H2,(H,22,26)/t14?,17-,18-/m1/s1. The summed E-state index contributed by atoms with van der Waals surface area (Å²) in [5.41, 5.74) is 1.52. The van der Waals surface area contributed by atoms with Crippen LogP contribution in [-0.4, -0.2) is 42.5 Å². The molecular formula is C19H21N5O2. The average Bonchev–Trinajstić information content (AvgIpc) is 3.39. The molecule has 3 aromatic rings. The summed E-state index contributed by atoms with van der Waals surface area (Å²) < 4.78 is 3.75. The van der Waals surface area contributed by atoms with Crippen molar-refractivity contribution in [1.29, 1.82) is 0 Å². The van der Waals surface area contributed by atoms with E-state index in [4.69, 9.17) is 0 Å². The lowest BCUT2D eigenvalue weighted by Crippen LogP contribution is -2.39. The summed E-state index contributed by atoms with van der Waals surface area (Å²) in [6, 6.07) is 8.99. The van der Waals surface area contributed by atoms with Crippen LogP contribution in [0.5, 0.6) is 0 Å². The molecule has 1 aliphatic carbocycles. The van der Waals surface area contributed by atoms with Crippen molar-refractivity contribution in [3.05, 3.63) is 67.0 Å². The molecule has 0 radical (unpaired) electrons. The molecule has 1 amide bonds. The number of imidazole rings is 1. The Hall–Kier alpha value is -2.93. The van der Waals surface area contributed by atoms with Crippen LogP contribution in [0, 0.1) is 5.92 Å². The van der Waals surface area contributed by atoms with E-state index < -0.39 is 6.10 Å². The highest BCUT2D eigenvalue weighted by molar-refractivity contribution is 5.94. The van der Waals surface area contributed by atoms with Crippen molar-refractivity contribution in [2.45, 2.75) is 31.5 Å². The maximum Gasteiger partial charge on any atom is 0.251 e. The molecule has 0 saturated heterocycles. The molecule has 134 valence electrons. The van der Waals surface area contributed by atoms with Crippen LogP contribution in [0.3, 0.4) is 0 Å². The second-order valence-corrected chi connectivity index (χ2v) is 6.73. The summed E-state index contributed by atoms with van der Waals surface area (Å²) in [7, 11) is 0. The highest BCUT2D eigenvalue weighted by atomic mass is 16.3. The number of nitrogens with one attached hydrogen (secondary N) is 1. The molecule has 2 aromatic heterocycles. The zero-order chi connectivity index (χ0) is 17.9. The number of rotatable bonds is 5. The van der Waals surface area contributed by atoms with Gasteiger partial charge in [-0.05, 0) is 49.1 Å². The molecule has 4 rings (SSSR count). The van der Waals surface area contributed by atoms with Crippen molar-refractivity contribution in [1.82, 2.24) is 24.6 Å². The number of amides is 1. The molecule has 3 atom stereocenters. The monoisotopic (exact) mass is 351 g/mol. The Labute approximate surface area is 151 Å². The molecule has 0 aliphatic heterocycles. The average molecular weight is 351 g/mol. The summed E-state index contributed by atoms with van der Waals surface area (Å²) >= 11 is 0. The van der Waals surface area contributed by atoms with Gasteiger partial charge in [0.1, 0.15) is 0 Å². The van der Waals surface area contributed by atoms with E-state index in [1.807, 2.05) is 39.8 Å². The first-order valence-electron chi connectivity index (χ1n) is 8.74. The van der Waals surface area contributed by atoms with Crippen LogP contribution in [0.4, 0.5) is 0 Å². The fourth-order valence-electron chi connectivity index (χ4n) is 3.54. The molecular weight excluding hydrogens is 330 g/mol. The van der Waals surface area contributed by atoms with Gasteiger partial charge < -0.3 is 15.0 Å². The molecule has 1 unspecified atom stereocenters. The van der Waals surface area contributed by atoms with Crippen LogP contribution in [0.1, 0.15) is 23.2 Å². The third kappa shape index (κ3) is 3.52. The molecule has 0 bridgehead atoms. The van der Waals surface area contributed by atoms with Gasteiger partial charge in [0.05, 0.1) is 18.5 Å². The van der Waals surface area contributed by atoms with E-state index in [2.05, 4.69) is 15.4 Å². The third-order valence-electron chi connectivity index (χ3n) is 4.88. The summed E-state index contributed by atoms with van der Waals surface area (Å²) in [5.74, 6) is 0.143. The highest BCUT2D eigenvalue weighted by Crippen LogP contribution is 2.27. The normalized spacial score (nSPS) is 22.4. The van der Waals surface area contributed by atoms with E-state index in [1.165, 1.54) is 0 Å². The lowest BCUT2D eigenvalue weighted by atomic mass is 10.1. The van der Waals surface area contributed by atoms with E-state index in [9.17, 15) is 9.90 Å². The number of hydrogen-bond donors (Lipinski definition) is 2. The van der Waals surface area contributed by atoms with Gasteiger partial charge in [0.2, 0.25) is 0 Å². The number of hydrogen-bond acceptors (Lipinski definition) is 4. The maximum absolute atomic E-state index is 12.5. The van der Waals surface area contributed by atoms with Crippen LogP contribution in [0.25, 0.3) is 5.69 Å². The Bertz CT molecular complexity index is 843. The van der Waals surface area contributed by atoms with Gasteiger partial charge in [0, 0.05) is 42.6 Å². The summed E-state index contributed by atoms with van der Waals surface area (Å²) in [5, 5.41) is 17.5. The van der Waals surface area contributed by atoms with E-state index >= 15 is 0 Å². The number of aliphatic hydroxyl groups excluding tert-OH is 1. The van der Waals surface area contributed by atoms with Crippen LogP contribution >= 0.6 is 0 Å². The zero-order valence-corrected chi connectivity index (χ0v) is 14.3. The topological polar surface area (TPSA) is 85.0 Å². The van der Waals surface area contributed by atoms with Gasteiger partial charge in [0.25, 0.3) is 5.91 Å². The fourth-order valence-corrected chi connectivity index (χ4v) is 3.54. The minimum Gasteiger partial charge on any atom is -0.391 e. The Kier molecular flexibility index (Phi) is 4.53. The number of aromatic nitrogens is 4. The second-order valence-electron chi connectivity index (χ2n) is 6.73. The van der Waals surface area contributed by atoms with Gasteiger partial charge in [-0.25, -0.2) is 4.98 Å². The van der Waals surface area contributed by atoms with Crippen LogP contribution in [0.2, 0.25) is 0 Å². The molecule has 0 spiro atoms. The molecule has 7 heteroatoms. The molecule has 26 heavy (non-hydrogen) atoms. The minimum atomic E-state index is -0.523. The molecule has 1 aromatic carbocycles. The van der Waals surface area contributed by atoms with Crippen molar-refractivity contribution in [2.75, 3.05) is 0 Å². The van der Waals surface area contributed by atoms with Crippen molar-refractivity contribution in [2.24, 2.45) is 5.92 Å². The van der Waals surface area contributed by atoms with Crippen LogP contribution < -0.4 is 5.32 Å². The SMILES string of the molecule is O=C(N[C@@H]1CC(Cn2cccn2)C[C@H]1O)c1ccc(-n2ccnc2)cc1. The van der Waals surface area contributed by atoms with Crippen LogP contribution in [-0.2, 0) is 6.54 Å². The number of carbonyl (C=O) groups is 1.